The third kappa shape index (κ3) is 5.55. The van der Waals surface area contributed by atoms with Gasteiger partial charge in [-0.05, 0) is 37.3 Å². The van der Waals surface area contributed by atoms with Crippen LogP contribution in [0.4, 0.5) is 0 Å². The van der Waals surface area contributed by atoms with E-state index in [1.54, 1.807) is 30.3 Å². The van der Waals surface area contributed by atoms with Crippen molar-refractivity contribution in [2.75, 3.05) is 13.2 Å². The molecule has 2 rings (SSSR count). The predicted octanol–water partition coefficient (Wildman–Crippen LogP) is 3.63. The molecule has 6 nitrogen and oxygen atoms in total. The summed E-state index contributed by atoms with van der Waals surface area (Å²) in [5.74, 6) is 0.153. The summed E-state index contributed by atoms with van der Waals surface area (Å²) in [7, 11) is 0. The molecule has 0 aliphatic heterocycles. The fraction of sp³-hybridized carbons (Fsp3) is 0.176. The largest absolute Gasteiger partial charge is 0.504 e. The first kappa shape index (κ1) is 18.9. The monoisotopic (exact) mass is 382 g/mol. The van der Waals surface area contributed by atoms with E-state index in [9.17, 15) is 9.90 Å². The Morgan fingerprint density at radius 2 is 2.04 bits per heavy atom. The van der Waals surface area contributed by atoms with E-state index in [-0.39, 0.29) is 12.4 Å². The molecule has 0 spiro atoms. The van der Waals surface area contributed by atoms with Gasteiger partial charge in [-0.15, -0.1) is 0 Å². The molecule has 132 valence electrons. The van der Waals surface area contributed by atoms with Crippen LogP contribution in [0.1, 0.15) is 12.5 Å². The molecular formula is C17H16Cl2N2O4. The number of hydrogen-bond donors (Lipinski definition) is 2. The highest BCUT2D eigenvalue weighted by Gasteiger charge is 2.07. The van der Waals surface area contributed by atoms with E-state index in [0.29, 0.717) is 33.7 Å². The molecule has 0 fully saturated rings. The molecule has 0 aromatic heterocycles. The van der Waals surface area contributed by atoms with Gasteiger partial charge in [0.1, 0.15) is 5.75 Å². The average Bonchev–Trinajstić information content (AvgIpc) is 2.57. The molecule has 0 saturated heterocycles. The molecule has 2 aromatic carbocycles. The zero-order valence-electron chi connectivity index (χ0n) is 13.3. The number of phenols is 1. The lowest BCUT2D eigenvalue weighted by molar-refractivity contribution is -0.123. The first-order valence-electron chi connectivity index (χ1n) is 7.35. The standard InChI is InChI=1S/C17H16Cl2N2O4/c1-2-24-15-5-3-4-11(17(15)23)9-20-21-16(22)10-25-14-7-6-12(18)8-13(14)19/h3-9,23H,2,10H2,1H3,(H,21,22). The molecule has 2 aromatic rings. The van der Waals surface area contributed by atoms with Crippen LogP contribution in [0.2, 0.25) is 10.0 Å². The van der Waals surface area contributed by atoms with Gasteiger partial charge in [-0.1, -0.05) is 29.3 Å². The summed E-state index contributed by atoms with van der Waals surface area (Å²) in [5.41, 5.74) is 2.71. The molecule has 0 aliphatic rings. The lowest BCUT2D eigenvalue weighted by Gasteiger charge is -2.08. The van der Waals surface area contributed by atoms with Crippen LogP contribution in [0, 0.1) is 0 Å². The van der Waals surface area contributed by atoms with Crippen molar-refractivity contribution in [3.05, 3.63) is 52.0 Å². The summed E-state index contributed by atoms with van der Waals surface area (Å²) in [6, 6.07) is 9.67. The Labute approximate surface area is 155 Å². The second-order valence-corrected chi connectivity index (χ2v) is 5.63. The van der Waals surface area contributed by atoms with Crippen LogP contribution < -0.4 is 14.9 Å². The molecule has 0 heterocycles. The molecule has 0 unspecified atom stereocenters. The molecular weight excluding hydrogens is 367 g/mol. The van der Waals surface area contributed by atoms with Gasteiger partial charge in [0.2, 0.25) is 0 Å². The number of ether oxygens (including phenoxy) is 2. The molecule has 25 heavy (non-hydrogen) atoms. The lowest BCUT2D eigenvalue weighted by Crippen LogP contribution is -2.24. The van der Waals surface area contributed by atoms with Crippen LogP contribution in [0.15, 0.2) is 41.5 Å². The predicted molar refractivity (Wildman–Crippen MR) is 97.0 cm³/mol. The van der Waals surface area contributed by atoms with Crippen molar-refractivity contribution < 1.29 is 19.4 Å². The van der Waals surface area contributed by atoms with Crippen molar-refractivity contribution in [3.63, 3.8) is 0 Å². The maximum Gasteiger partial charge on any atom is 0.277 e. The smallest absolute Gasteiger partial charge is 0.277 e. The second kappa shape index (κ2) is 9.15. The van der Waals surface area contributed by atoms with Crippen molar-refractivity contribution in [2.45, 2.75) is 6.92 Å². The fourth-order valence-corrected chi connectivity index (χ4v) is 2.32. The molecule has 0 radical (unpaired) electrons. The number of rotatable bonds is 7. The van der Waals surface area contributed by atoms with Crippen LogP contribution in [-0.2, 0) is 4.79 Å². The van der Waals surface area contributed by atoms with E-state index in [2.05, 4.69) is 10.5 Å². The van der Waals surface area contributed by atoms with Crippen LogP contribution in [0.5, 0.6) is 17.2 Å². The average molecular weight is 383 g/mol. The number of hydrazone groups is 1. The summed E-state index contributed by atoms with van der Waals surface area (Å²) >= 11 is 11.7. The highest BCUT2D eigenvalue weighted by molar-refractivity contribution is 6.35. The third-order valence-electron chi connectivity index (χ3n) is 2.98. The van der Waals surface area contributed by atoms with Crippen molar-refractivity contribution in [3.8, 4) is 17.2 Å². The first-order chi connectivity index (χ1) is 12.0. The van der Waals surface area contributed by atoms with Crippen LogP contribution in [0.3, 0.4) is 0 Å². The van der Waals surface area contributed by atoms with Gasteiger partial charge in [0.25, 0.3) is 5.91 Å². The second-order valence-electron chi connectivity index (χ2n) is 4.78. The van der Waals surface area contributed by atoms with Gasteiger partial charge in [-0.2, -0.15) is 5.10 Å². The van der Waals surface area contributed by atoms with Gasteiger partial charge in [0.05, 0.1) is 17.8 Å². The van der Waals surface area contributed by atoms with E-state index in [0.717, 1.165) is 0 Å². The summed E-state index contributed by atoms with van der Waals surface area (Å²) in [6.45, 7) is 1.96. The Morgan fingerprint density at radius 3 is 2.76 bits per heavy atom. The van der Waals surface area contributed by atoms with E-state index in [4.69, 9.17) is 32.7 Å². The van der Waals surface area contributed by atoms with Gasteiger partial charge < -0.3 is 14.6 Å². The maximum absolute atomic E-state index is 11.7. The number of aromatic hydroxyl groups is 1. The topological polar surface area (TPSA) is 80.2 Å². The quantitative estimate of drug-likeness (QED) is 0.565. The van der Waals surface area contributed by atoms with Crippen LogP contribution in [-0.4, -0.2) is 30.4 Å². The molecule has 2 N–H and O–H groups in total. The number of halogens is 2. The van der Waals surface area contributed by atoms with E-state index < -0.39 is 5.91 Å². The van der Waals surface area contributed by atoms with Crippen LogP contribution >= 0.6 is 23.2 Å². The van der Waals surface area contributed by atoms with Gasteiger partial charge in [0.15, 0.2) is 18.1 Å². The number of phenolic OH excluding ortho intramolecular Hbond substituents is 1. The number of nitrogens with zero attached hydrogens (tertiary/aromatic N) is 1. The Kier molecular flexibility index (Phi) is 6.91. The van der Waals surface area contributed by atoms with E-state index >= 15 is 0 Å². The minimum atomic E-state index is -0.484. The van der Waals surface area contributed by atoms with Crippen molar-refractivity contribution in [1.82, 2.24) is 5.43 Å². The molecule has 0 saturated carbocycles. The fourth-order valence-electron chi connectivity index (χ4n) is 1.86. The van der Waals surface area contributed by atoms with Gasteiger partial charge in [-0.3, -0.25) is 4.79 Å². The van der Waals surface area contributed by atoms with Crippen molar-refractivity contribution >= 4 is 35.3 Å². The normalized spacial score (nSPS) is 10.7. The third-order valence-corrected chi connectivity index (χ3v) is 3.51. The van der Waals surface area contributed by atoms with Crippen molar-refractivity contribution in [2.24, 2.45) is 5.10 Å². The molecule has 0 bridgehead atoms. The van der Waals surface area contributed by atoms with E-state index in [1.807, 2.05) is 6.92 Å². The molecule has 0 aliphatic carbocycles. The number of benzene rings is 2. The molecule has 8 heteroatoms. The van der Waals surface area contributed by atoms with Gasteiger partial charge in [0, 0.05) is 10.6 Å². The number of para-hydroxylation sites is 1. The number of carbonyl (C=O) groups excluding carboxylic acids is 1. The number of amides is 1. The zero-order chi connectivity index (χ0) is 18.2. The lowest BCUT2D eigenvalue weighted by atomic mass is 10.2. The number of nitrogens with one attached hydrogen (secondary N) is 1. The Bertz CT molecular complexity index is 781. The van der Waals surface area contributed by atoms with Gasteiger partial charge in [-0.25, -0.2) is 5.43 Å². The highest BCUT2D eigenvalue weighted by atomic mass is 35.5. The zero-order valence-corrected chi connectivity index (χ0v) is 14.8. The highest BCUT2D eigenvalue weighted by Crippen LogP contribution is 2.28. The number of carbonyl (C=O) groups is 1. The Morgan fingerprint density at radius 1 is 1.24 bits per heavy atom. The van der Waals surface area contributed by atoms with E-state index in [1.165, 1.54) is 12.3 Å². The van der Waals surface area contributed by atoms with Crippen molar-refractivity contribution in [1.29, 1.82) is 0 Å². The summed E-state index contributed by atoms with van der Waals surface area (Å²) < 4.78 is 10.6. The maximum atomic E-state index is 11.7. The first-order valence-corrected chi connectivity index (χ1v) is 8.11. The van der Waals surface area contributed by atoms with Gasteiger partial charge >= 0.3 is 0 Å². The number of hydrogen-bond acceptors (Lipinski definition) is 5. The Hall–Kier alpha value is -2.44. The molecule has 1 amide bonds. The summed E-state index contributed by atoms with van der Waals surface area (Å²) in [6.07, 6.45) is 1.31. The SMILES string of the molecule is CCOc1cccc(C=NNC(=O)COc2ccc(Cl)cc2Cl)c1O. The Balaban J connectivity index is 1.89. The summed E-state index contributed by atoms with van der Waals surface area (Å²) in [5, 5.41) is 14.6. The van der Waals surface area contributed by atoms with Crippen LogP contribution in [0.25, 0.3) is 0 Å². The minimum absolute atomic E-state index is 0.0495. The molecule has 0 atom stereocenters. The summed E-state index contributed by atoms with van der Waals surface area (Å²) in [4.78, 5) is 11.7. The minimum Gasteiger partial charge on any atom is -0.504 e.